The standard InChI is InChI=1S/C14H21N3OS/c1-11-6-16-17(8-11)9-12(2)15-7-13-4-5-14(18-13)10-19-3/h4-6,8,12,15H,7,9-10H2,1-3H3. The number of aromatic nitrogens is 2. The van der Waals surface area contributed by atoms with E-state index >= 15 is 0 Å². The highest BCUT2D eigenvalue weighted by molar-refractivity contribution is 7.97. The second kappa shape index (κ2) is 6.82. The first-order valence-corrected chi connectivity index (χ1v) is 7.85. The van der Waals surface area contributed by atoms with Crippen molar-refractivity contribution in [2.75, 3.05) is 6.26 Å². The van der Waals surface area contributed by atoms with Gasteiger partial charge in [-0.1, -0.05) is 0 Å². The van der Waals surface area contributed by atoms with Gasteiger partial charge in [-0.15, -0.1) is 0 Å². The predicted octanol–water partition coefficient (Wildman–Crippen LogP) is 2.83. The Morgan fingerprint density at radius 2 is 2.21 bits per heavy atom. The fourth-order valence-electron chi connectivity index (χ4n) is 1.92. The van der Waals surface area contributed by atoms with Crippen molar-refractivity contribution in [1.29, 1.82) is 0 Å². The lowest BCUT2D eigenvalue weighted by molar-refractivity contribution is 0.407. The van der Waals surface area contributed by atoms with Crippen LogP contribution in [0.2, 0.25) is 0 Å². The third-order valence-corrected chi connectivity index (χ3v) is 3.43. The summed E-state index contributed by atoms with van der Waals surface area (Å²) in [6.45, 7) is 5.84. The molecule has 0 saturated carbocycles. The summed E-state index contributed by atoms with van der Waals surface area (Å²) in [4.78, 5) is 0. The Bertz CT molecular complexity index is 506. The van der Waals surface area contributed by atoms with E-state index in [1.54, 1.807) is 11.8 Å². The first-order chi connectivity index (χ1) is 9.17. The molecule has 0 amide bonds. The van der Waals surface area contributed by atoms with Crippen LogP contribution in [-0.4, -0.2) is 22.1 Å². The van der Waals surface area contributed by atoms with Crippen LogP contribution in [0.25, 0.3) is 0 Å². The van der Waals surface area contributed by atoms with Crippen molar-refractivity contribution in [2.24, 2.45) is 0 Å². The van der Waals surface area contributed by atoms with Crippen LogP contribution in [0.1, 0.15) is 24.0 Å². The van der Waals surface area contributed by atoms with Crippen LogP contribution in [0.4, 0.5) is 0 Å². The largest absolute Gasteiger partial charge is 0.464 e. The van der Waals surface area contributed by atoms with E-state index in [-0.39, 0.29) is 0 Å². The summed E-state index contributed by atoms with van der Waals surface area (Å²) < 4.78 is 7.69. The zero-order valence-electron chi connectivity index (χ0n) is 11.7. The lowest BCUT2D eigenvalue weighted by Gasteiger charge is -2.12. The molecule has 0 radical (unpaired) electrons. The first kappa shape index (κ1) is 14.2. The zero-order chi connectivity index (χ0) is 13.7. The molecule has 0 bridgehead atoms. The number of furan rings is 1. The van der Waals surface area contributed by atoms with Gasteiger partial charge in [-0.25, -0.2) is 0 Å². The van der Waals surface area contributed by atoms with E-state index in [1.165, 1.54) is 5.56 Å². The van der Waals surface area contributed by atoms with Crippen LogP contribution >= 0.6 is 11.8 Å². The highest BCUT2D eigenvalue weighted by Gasteiger charge is 2.06. The van der Waals surface area contributed by atoms with E-state index < -0.39 is 0 Å². The van der Waals surface area contributed by atoms with Crippen molar-refractivity contribution in [3.63, 3.8) is 0 Å². The molecule has 2 aromatic heterocycles. The second-order valence-corrected chi connectivity index (χ2v) is 5.69. The molecule has 1 unspecified atom stereocenters. The number of rotatable bonds is 7. The lowest BCUT2D eigenvalue weighted by atomic mass is 10.3. The van der Waals surface area contributed by atoms with E-state index in [9.17, 15) is 0 Å². The molecule has 2 aromatic rings. The van der Waals surface area contributed by atoms with Gasteiger partial charge in [0, 0.05) is 12.2 Å². The average Bonchev–Trinajstić information content (AvgIpc) is 2.97. The van der Waals surface area contributed by atoms with Crippen molar-refractivity contribution in [3.05, 3.63) is 41.6 Å². The lowest BCUT2D eigenvalue weighted by Crippen LogP contribution is -2.30. The molecule has 1 atom stereocenters. The molecule has 0 aliphatic carbocycles. The maximum atomic E-state index is 5.72. The second-order valence-electron chi connectivity index (χ2n) is 4.82. The molecule has 2 heterocycles. The van der Waals surface area contributed by atoms with E-state index in [0.717, 1.165) is 30.4 Å². The number of nitrogens with one attached hydrogen (secondary N) is 1. The Morgan fingerprint density at radius 1 is 1.42 bits per heavy atom. The van der Waals surface area contributed by atoms with E-state index in [0.29, 0.717) is 6.04 Å². The van der Waals surface area contributed by atoms with Gasteiger partial charge in [0.05, 0.1) is 25.0 Å². The fraction of sp³-hybridized carbons (Fsp3) is 0.500. The number of aryl methyl sites for hydroxylation is 1. The molecule has 0 fully saturated rings. The normalized spacial score (nSPS) is 12.8. The topological polar surface area (TPSA) is 43.0 Å². The Morgan fingerprint density at radius 3 is 2.89 bits per heavy atom. The Labute approximate surface area is 118 Å². The van der Waals surface area contributed by atoms with Crippen molar-refractivity contribution < 1.29 is 4.42 Å². The van der Waals surface area contributed by atoms with Gasteiger partial charge in [-0.05, 0) is 37.8 Å². The van der Waals surface area contributed by atoms with E-state index in [2.05, 4.69) is 42.8 Å². The van der Waals surface area contributed by atoms with Gasteiger partial charge in [-0.2, -0.15) is 16.9 Å². The van der Waals surface area contributed by atoms with Gasteiger partial charge in [0.2, 0.25) is 0 Å². The summed E-state index contributed by atoms with van der Waals surface area (Å²) in [6, 6.07) is 4.45. The van der Waals surface area contributed by atoms with Gasteiger partial charge in [-0.3, -0.25) is 4.68 Å². The van der Waals surface area contributed by atoms with E-state index in [1.807, 2.05) is 16.9 Å². The third kappa shape index (κ3) is 4.44. The van der Waals surface area contributed by atoms with Crippen LogP contribution in [0.3, 0.4) is 0 Å². The van der Waals surface area contributed by atoms with Crippen LogP contribution in [-0.2, 0) is 18.8 Å². The van der Waals surface area contributed by atoms with Gasteiger partial charge < -0.3 is 9.73 Å². The van der Waals surface area contributed by atoms with Crippen LogP contribution < -0.4 is 5.32 Å². The Kier molecular flexibility index (Phi) is 5.10. The molecule has 5 heteroatoms. The minimum Gasteiger partial charge on any atom is -0.464 e. The van der Waals surface area contributed by atoms with E-state index in [4.69, 9.17) is 4.42 Å². The highest BCUT2D eigenvalue weighted by Crippen LogP contribution is 2.13. The van der Waals surface area contributed by atoms with Crippen molar-refractivity contribution >= 4 is 11.8 Å². The van der Waals surface area contributed by atoms with Gasteiger partial charge in [0.15, 0.2) is 0 Å². The molecule has 19 heavy (non-hydrogen) atoms. The van der Waals surface area contributed by atoms with Gasteiger partial charge in [0.25, 0.3) is 0 Å². The molecule has 0 aromatic carbocycles. The Balaban J connectivity index is 1.77. The molecule has 0 saturated heterocycles. The average molecular weight is 279 g/mol. The minimum absolute atomic E-state index is 0.355. The van der Waals surface area contributed by atoms with Crippen LogP contribution in [0, 0.1) is 6.92 Å². The number of thioether (sulfide) groups is 1. The SMILES string of the molecule is CSCc1ccc(CNC(C)Cn2cc(C)cn2)o1. The van der Waals surface area contributed by atoms with Crippen molar-refractivity contribution in [2.45, 2.75) is 38.7 Å². The molecule has 104 valence electrons. The predicted molar refractivity (Wildman–Crippen MR) is 79.2 cm³/mol. The summed E-state index contributed by atoms with van der Waals surface area (Å²) in [7, 11) is 0. The quantitative estimate of drug-likeness (QED) is 0.846. The molecule has 1 N–H and O–H groups in total. The number of hydrogen-bond donors (Lipinski definition) is 1. The summed E-state index contributed by atoms with van der Waals surface area (Å²) in [5.74, 6) is 2.97. The maximum Gasteiger partial charge on any atom is 0.118 e. The summed E-state index contributed by atoms with van der Waals surface area (Å²) in [6.07, 6.45) is 6.02. The molecular formula is C14H21N3OS. The fourth-order valence-corrected chi connectivity index (χ4v) is 2.36. The minimum atomic E-state index is 0.355. The first-order valence-electron chi connectivity index (χ1n) is 6.46. The maximum absolute atomic E-state index is 5.72. The molecular weight excluding hydrogens is 258 g/mol. The van der Waals surface area contributed by atoms with Crippen LogP contribution in [0.15, 0.2) is 28.9 Å². The highest BCUT2D eigenvalue weighted by atomic mass is 32.2. The summed E-state index contributed by atoms with van der Waals surface area (Å²) in [5, 5.41) is 7.74. The molecule has 0 aliphatic rings. The zero-order valence-corrected chi connectivity index (χ0v) is 12.5. The number of nitrogens with zero attached hydrogens (tertiary/aromatic N) is 2. The van der Waals surface area contributed by atoms with Gasteiger partial charge >= 0.3 is 0 Å². The number of hydrogen-bond acceptors (Lipinski definition) is 4. The third-order valence-electron chi connectivity index (χ3n) is 2.85. The van der Waals surface area contributed by atoms with Crippen molar-refractivity contribution in [3.8, 4) is 0 Å². The molecule has 2 rings (SSSR count). The summed E-state index contributed by atoms with van der Waals surface area (Å²) >= 11 is 1.77. The molecule has 0 aliphatic heterocycles. The van der Waals surface area contributed by atoms with Crippen molar-refractivity contribution in [1.82, 2.24) is 15.1 Å². The smallest absolute Gasteiger partial charge is 0.118 e. The Hall–Kier alpha value is -1.20. The van der Waals surface area contributed by atoms with Gasteiger partial charge in [0.1, 0.15) is 11.5 Å². The monoisotopic (exact) mass is 279 g/mol. The molecule has 0 spiro atoms. The summed E-state index contributed by atoms with van der Waals surface area (Å²) in [5.41, 5.74) is 1.19. The van der Waals surface area contributed by atoms with Crippen LogP contribution in [0.5, 0.6) is 0 Å². The molecule has 4 nitrogen and oxygen atoms in total.